The molecule has 1 fully saturated rings. The Morgan fingerprint density at radius 3 is 2.88 bits per heavy atom. The van der Waals surface area contributed by atoms with Crippen molar-refractivity contribution in [3.63, 3.8) is 0 Å². The molecule has 24 heavy (non-hydrogen) atoms. The Balaban J connectivity index is 1.58. The summed E-state index contributed by atoms with van der Waals surface area (Å²) in [6.07, 6.45) is 5.22. The standard InChI is InChI=1S/C18H19N3O3/c22-18(20-13-6-8-19-9-7-13)21-10-2-4-15(21)14-3-1-5-16-17(14)24-12-11-23-16/h1,3,5-9,15H,2,4,10-12H2,(H,19,20,22). The molecule has 2 aliphatic heterocycles. The molecular formula is C18H19N3O3. The molecule has 3 heterocycles. The molecule has 0 radical (unpaired) electrons. The van der Waals surface area contributed by atoms with E-state index in [2.05, 4.69) is 10.3 Å². The highest BCUT2D eigenvalue weighted by Gasteiger charge is 2.33. The third-order valence-corrected chi connectivity index (χ3v) is 4.40. The van der Waals surface area contributed by atoms with Crippen LogP contribution < -0.4 is 14.8 Å². The molecule has 6 nitrogen and oxygen atoms in total. The average Bonchev–Trinajstić information content (AvgIpc) is 3.12. The Labute approximate surface area is 140 Å². The van der Waals surface area contributed by atoms with Crippen LogP contribution >= 0.6 is 0 Å². The lowest BCUT2D eigenvalue weighted by Crippen LogP contribution is -2.34. The van der Waals surface area contributed by atoms with Crippen LogP contribution in [0.25, 0.3) is 0 Å². The van der Waals surface area contributed by atoms with Crippen LogP contribution in [0.3, 0.4) is 0 Å². The van der Waals surface area contributed by atoms with E-state index in [4.69, 9.17) is 9.47 Å². The SMILES string of the molecule is O=C(Nc1ccncc1)N1CCCC1c1cccc2c1OCCO2. The molecule has 1 unspecified atom stereocenters. The number of nitrogens with one attached hydrogen (secondary N) is 1. The lowest BCUT2D eigenvalue weighted by Gasteiger charge is -2.29. The van der Waals surface area contributed by atoms with Gasteiger partial charge in [0, 0.05) is 30.2 Å². The zero-order chi connectivity index (χ0) is 16.4. The monoisotopic (exact) mass is 325 g/mol. The van der Waals surface area contributed by atoms with Gasteiger partial charge in [-0.25, -0.2) is 4.79 Å². The molecule has 6 heteroatoms. The minimum atomic E-state index is -0.0990. The molecular weight excluding hydrogens is 306 g/mol. The molecule has 0 aliphatic carbocycles. The average molecular weight is 325 g/mol. The fourth-order valence-electron chi connectivity index (χ4n) is 3.32. The van der Waals surface area contributed by atoms with E-state index in [1.54, 1.807) is 24.5 Å². The van der Waals surface area contributed by atoms with E-state index in [-0.39, 0.29) is 12.1 Å². The van der Waals surface area contributed by atoms with E-state index in [0.29, 0.717) is 13.2 Å². The molecule has 1 saturated heterocycles. The molecule has 0 spiro atoms. The minimum Gasteiger partial charge on any atom is -0.486 e. The van der Waals surface area contributed by atoms with E-state index >= 15 is 0 Å². The summed E-state index contributed by atoms with van der Waals surface area (Å²) in [5.41, 5.74) is 1.77. The van der Waals surface area contributed by atoms with E-state index in [9.17, 15) is 4.79 Å². The first-order valence-corrected chi connectivity index (χ1v) is 8.19. The summed E-state index contributed by atoms with van der Waals surface area (Å²) in [5, 5.41) is 2.94. The normalized spacial score (nSPS) is 19.2. The zero-order valence-corrected chi connectivity index (χ0v) is 13.3. The van der Waals surface area contributed by atoms with Gasteiger partial charge in [0.25, 0.3) is 0 Å². The summed E-state index contributed by atoms with van der Waals surface area (Å²) in [4.78, 5) is 18.5. The Morgan fingerprint density at radius 1 is 1.17 bits per heavy atom. The summed E-state index contributed by atoms with van der Waals surface area (Å²) in [7, 11) is 0. The van der Waals surface area contributed by atoms with E-state index in [0.717, 1.165) is 42.1 Å². The second kappa shape index (κ2) is 6.39. The summed E-state index contributed by atoms with van der Waals surface area (Å²) in [5.74, 6) is 1.54. The number of ether oxygens (including phenoxy) is 2. The van der Waals surface area contributed by atoms with Crippen molar-refractivity contribution in [1.82, 2.24) is 9.88 Å². The molecule has 0 saturated carbocycles. The molecule has 4 rings (SSSR count). The molecule has 2 aromatic rings. The number of para-hydroxylation sites is 1. The van der Waals surface area contributed by atoms with Gasteiger partial charge in [-0.05, 0) is 31.0 Å². The van der Waals surface area contributed by atoms with Crippen molar-refractivity contribution < 1.29 is 14.3 Å². The lowest BCUT2D eigenvalue weighted by molar-refractivity contribution is 0.165. The van der Waals surface area contributed by atoms with Gasteiger partial charge in [0.05, 0.1) is 6.04 Å². The van der Waals surface area contributed by atoms with Crippen LogP contribution in [0.4, 0.5) is 10.5 Å². The Hall–Kier alpha value is -2.76. The molecule has 1 aromatic heterocycles. The Morgan fingerprint density at radius 2 is 2.00 bits per heavy atom. The number of urea groups is 1. The minimum absolute atomic E-state index is 0.00323. The number of hydrogen-bond acceptors (Lipinski definition) is 4. The third-order valence-electron chi connectivity index (χ3n) is 4.40. The van der Waals surface area contributed by atoms with Gasteiger partial charge in [-0.2, -0.15) is 0 Å². The Bertz CT molecular complexity index is 736. The maximum absolute atomic E-state index is 12.7. The second-order valence-electron chi connectivity index (χ2n) is 5.89. The number of nitrogens with zero attached hydrogens (tertiary/aromatic N) is 2. The number of amides is 2. The predicted molar refractivity (Wildman–Crippen MR) is 89.4 cm³/mol. The van der Waals surface area contributed by atoms with Gasteiger partial charge in [-0.1, -0.05) is 12.1 Å². The van der Waals surface area contributed by atoms with Crippen molar-refractivity contribution in [2.24, 2.45) is 0 Å². The quantitative estimate of drug-likeness (QED) is 0.921. The van der Waals surface area contributed by atoms with Gasteiger partial charge < -0.3 is 19.7 Å². The zero-order valence-electron chi connectivity index (χ0n) is 13.3. The fraction of sp³-hybridized carbons (Fsp3) is 0.333. The van der Waals surface area contributed by atoms with Gasteiger partial charge in [-0.3, -0.25) is 4.98 Å². The number of fused-ring (bicyclic) bond motifs is 1. The van der Waals surface area contributed by atoms with Crippen LogP contribution in [-0.2, 0) is 0 Å². The second-order valence-corrected chi connectivity index (χ2v) is 5.89. The molecule has 1 N–H and O–H groups in total. The maximum Gasteiger partial charge on any atom is 0.322 e. The number of carbonyl (C=O) groups is 1. The van der Waals surface area contributed by atoms with Crippen LogP contribution in [-0.4, -0.2) is 35.7 Å². The molecule has 1 atom stereocenters. The van der Waals surface area contributed by atoms with Crippen LogP contribution in [0.2, 0.25) is 0 Å². The van der Waals surface area contributed by atoms with Crippen molar-refractivity contribution in [3.05, 3.63) is 48.3 Å². The molecule has 124 valence electrons. The number of benzene rings is 1. The summed E-state index contributed by atoms with van der Waals surface area (Å²) in [6.45, 7) is 1.83. The van der Waals surface area contributed by atoms with Crippen LogP contribution in [0, 0.1) is 0 Å². The van der Waals surface area contributed by atoms with Crippen LogP contribution in [0.1, 0.15) is 24.4 Å². The smallest absolute Gasteiger partial charge is 0.322 e. The first kappa shape index (κ1) is 14.8. The number of carbonyl (C=O) groups excluding carboxylic acids is 1. The maximum atomic E-state index is 12.7. The van der Waals surface area contributed by atoms with Crippen LogP contribution in [0.15, 0.2) is 42.7 Å². The third kappa shape index (κ3) is 2.75. The predicted octanol–water partition coefficient (Wildman–Crippen LogP) is 3.22. The summed E-state index contributed by atoms with van der Waals surface area (Å²) < 4.78 is 11.5. The fourth-order valence-corrected chi connectivity index (χ4v) is 3.32. The van der Waals surface area contributed by atoms with Crippen molar-refractivity contribution in [2.75, 3.05) is 25.1 Å². The first-order valence-electron chi connectivity index (χ1n) is 8.19. The van der Waals surface area contributed by atoms with E-state index in [1.165, 1.54) is 0 Å². The van der Waals surface area contributed by atoms with Crippen molar-refractivity contribution in [1.29, 1.82) is 0 Å². The van der Waals surface area contributed by atoms with E-state index < -0.39 is 0 Å². The Kier molecular flexibility index (Phi) is 3.94. The number of anilines is 1. The summed E-state index contributed by atoms with van der Waals surface area (Å²) in [6, 6.07) is 9.36. The number of likely N-dealkylation sites (tertiary alicyclic amines) is 1. The lowest BCUT2D eigenvalue weighted by atomic mass is 10.0. The topological polar surface area (TPSA) is 63.7 Å². The molecule has 2 aliphatic rings. The highest BCUT2D eigenvalue weighted by Crippen LogP contribution is 2.42. The van der Waals surface area contributed by atoms with Gasteiger partial charge in [0.15, 0.2) is 11.5 Å². The highest BCUT2D eigenvalue weighted by atomic mass is 16.6. The largest absolute Gasteiger partial charge is 0.486 e. The van der Waals surface area contributed by atoms with E-state index in [1.807, 2.05) is 23.1 Å². The van der Waals surface area contributed by atoms with Crippen LogP contribution in [0.5, 0.6) is 11.5 Å². The van der Waals surface area contributed by atoms with Crippen molar-refractivity contribution in [3.8, 4) is 11.5 Å². The first-order chi connectivity index (χ1) is 11.8. The van der Waals surface area contributed by atoms with Gasteiger partial charge in [0.2, 0.25) is 0 Å². The van der Waals surface area contributed by atoms with Crippen molar-refractivity contribution >= 4 is 11.7 Å². The molecule has 1 aromatic carbocycles. The highest BCUT2D eigenvalue weighted by molar-refractivity contribution is 5.89. The summed E-state index contributed by atoms with van der Waals surface area (Å²) >= 11 is 0. The number of aromatic nitrogens is 1. The van der Waals surface area contributed by atoms with Crippen molar-refractivity contribution in [2.45, 2.75) is 18.9 Å². The van der Waals surface area contributed by atoms with Gasteiger partial charge in [0.1, 0.15) is 13.2 Å². The van der Waals surface area contributed by atoms with Gasteiger partial charge in [-0.15, -0.1) is 0 Å². The number of pyridine rings is 1. The van der Waals surface area contributed by atoms with Gasteiger partial charge >= 0.3 is 6.03 Å². The molecule has 2 amide bonds. The number of rotatable bonds is 2. The molecule has 0 bridgehead atoms. The number of hydrogen-bond donors (Lipinski definition) is 1.